The summed E-state index contributed by atoms with van der Waals surface area (Å²) in [5.41, 5.74) is -2.26. The SMILES string of the molecule is CC(C)(C)OC(=O)N1C[C@H](F)C[C@@]1(C)C(=O)O. The molecule has 0 radical (unpaired) electrons. The normalized spacial score (nSPS) is 29.2. The number of likely N-dealkylation sites (tertiary alicyclic amines) is 1. The summed E-state index contributed by atoms with van der Waals surface area (Å²) < 4.78 is 18.4. The Kier molecular flexibility index (Phi) is 3.36. The Balaban J connectivity index is 2.88. The smallest absolute Gasteiger partial charge is 0.411 e. The number of ether oxygens (including phenoxy) is 1. The molecule has 2 atom stereocenters. The first-order valence-electron chi connectivity index (χ1n) is 5.44. The van der Waals surface area contributed by atoms with Crippen LogP contribution in [0.2, 0.25) is 0 Å². The number of rotatable bonds is 1. The van der Waals surface area contributed by atoms with Crippen LogP contribution < -0.4 is 0 Å². The van der Waals surface area contributed by atoms with Gasteiger partial charge in [-0.05, 0) is 27.7 Å². The molecule has 0 aromatic carbocycles. The minimum Gasteiger partial charge on any atom is -0.480 e. The number of carbonyl (C=O) groups excluding carboxylic acids is 1. The molecule has 0 saturated carbocycles. The van der Waals surface area contributed by atoms with Crippen molar-refractivity contribution in [3.8, 4) is 0 Å². The number of hydrogen-bond acceptors (Lipinski definition) is 3. The molecule has 1 rings (SSSR count). The van der Waals surface area contributed by atoms with E-state index < -0.39 is 29.4 Å². The fourth-order valence-corrected chi connectivity index (χ4v) is 1.80. The molecule has 1 saturated heterocycles. The van der Waals surface area contributed by atoms with E-state index in [-0.39, 0.29) is 13.0 Å². The van der Waals surface area contributed by atoms with Crippen LogP contribution in [0, 0.1) is 0 Å². The molecule has 0 aliphatic carbocycles. The van der Waals surface area contributed by atoms with Crippen LogP contribution in [0.1, 0.15) is 34.1 Å². The van der Waals surface area contributed by atoms with Gasteiger partial charge in [0.05, 0.1) is 6.54 Å². The number of aliphatic carboxylic acids is 1. The quantitative estimate of drug-likeness (QED) is 0.767. The highest BCUT2D eigenvalue weighted by molar-refractivity contribution is 5.85. The van der Waals surface area contributed by atoms with Crippen molar-refractivity contribution in [2.24, 2.45) is 0 Å². The first-order chi connectivity index (χ1) is 7.56. The molecule has 1 fully saturated rings. The lowest BCUT2D eigenvalue weighted by Gasteiger charge is -2.32. The number of amides is 1. The van der Waals surface area contributed by atoms with Gasteiger partial charge in [-0.15, -0.1) is 0 Å². The standard InChI is InChI=1S/C11H18FNO4/c1-10(2,3)17-9(16)13-6-7(12)5-11(13,4)8(14)15/h7H,5-6H2,1-4H3,(H,14,15)/t7-,11+/m1/s1. The van der Waals surface area contributed by atoms with E-state index in [2.05, 4.69) is 0 Å². The van der Waals surface area contributed by atoms with Crippen LogP contribution in [0.4, 0.5) is 9.18 Å². The van der Waals surface area contributed by atoms with Crippen molar-refractivity contribution >= 4 is 12.1 Å². The van der Waals surface area contributed by atoms with Crippen molar-refractivity contribution in [3.63, 3.8) is 0 Å². The van der Waals surface area contributed by atoms with Crippen LogP contribution in [-0.2, 0) is 9.53 Å². The molecule has 0 aromatic rings. The van der Waals surface area contributed by atoms with E-state index in [4.69, 9.17) is 9.84 Å². The van der Waals surface area contributed by atoms with Gasteiger partial charge in [-0.2, -0.15) is 0 Å². The number of nitrogens with zero attached hydrogens (tertiary/aromatic N) is 1. The molecule has 1 aliphatic heterocycles. The molecule has 0 bridgehead atoms. The summed E-state index contributed by atoms with van der Waals surface area (Å²) in [6, 6.07) is 0. The number of hydrogen-bond donors (Lipinski definition) is 1. The van der Waals surface area contributed by atoms with Crippen LogP contribution in [0.15, 0.2) is 0 Å². The van der Waals surface area contributed by atoms with Crippen molar-refractivity contribution in [1.29, 1.82) is 0 Å². The molecule has 1 aliphatic rings. The summed E-state index contributed by atoms with van der Waals surface area (Å²) >= 11 is 0. The van der Waals surface area contributed by atoms with E-state index in [1.54, 1.807) is 20.8 Å². The highest BCUT2D eigenvalue weighted by atomic mass is 19.1. The predicted molar refractivity (Wildman–Crippen MR) is 58.5 cm³/mol. The lowest BCUT2D eigenvalue weighted by molar-refractivity contribution is -0.148. The van der Waals surface area contributed by atoms with Crippen LogP contribution in [-0.4, -0.2) is 45.9 Å². The summed E-state index contributed by atoms with van der Waals surface area (Å²) in [5.74, 6) is -1.22. The molecule has 5 nitrogen and oxygen atoms in total. The number of alkyl halides is 1. The number of carbonyl (C=O) groups is 2. The molecule has 0 unspecified atom stereocenters. The second kappa shape index (κ2) is 4.16. The molecule has 0 aromatic heterocycles. The predicted octanol–water partition coefficient (Wildman–Crippen LogP) is 1.81. The zero-order valence-corrected chi connectivity index (χ0v) is 10.5. The molecule has 0 spiro atoms. The van der Waals surface area contributed by atoms with Crippen molar-refractivity contribution in [3.05, 3.63) is 0 Å². The van der Waals surface area contributed by atoms with Gasteiger partial charge in [0.1, 0.15) is 17.3 Å². The van der Waals surface area contributed by atoms with Gasteiger partial charge in [0.15, 0.2) is 0 Å². The molecule has 1 amide bonds. The average Bonchev–Trinajstić information content (AvgIpc) is 2.40. The fourth-order valence-electron chi connectivity index (χ4n) is 1.80. The van der Waals surface area contributed by atoms with Gasteiger partial charge in [-0.3, -0.25) is 4.90 Å². The Morgan fingerprint density at radius 3 is 2.41 bits per heavy atom. The van der Waals surface area contributed by atoms with Gasteiger partial charge in [-0.1, -0.05) is 0 Å². The highest BCUT2D eigenvalue weighted by Crippen LogP contribution is 2.32. The van der Waals surface area contributed by atoms with Crippen LogP contribution in [0.25, 0.3) is 0 Å². The van der Waals surface area contributed by atoms with Crippen molar-refractivity contribution < 1.29 is 23.8 Å². The van der Waals surface area contributed by atoms with Gasteiger partial charge in [-0.25, -0.2) is 14.0 Å². The van der Waals surface area contributed by atoms with Gasteiger partial charge < -0.3 is 9.84 Å². The molecule has 17 heavy (non-hydrogen) atoms. The monoisotopic (exact) mass is 247 g/mol. The minimum atomic E-state index is -1.53. The van der Waals surface area contributed by atoms with Gasteiger partial charge in [0, 0.05) is 6.42 Å². The maximum absolute atomic E-state index is 13.3. The van der Waals surface area contributed by atoms with E-state index in [9.17, 15) is 14.0 Å². The van der Waals surface area contributed by atoms with E-state index in [0.717, 1.165) is 4.90 Å². The Morgan fingerprint density at radius 1 is 1.47 bits per heavy atom. The summed E-state index contributed by atoms with van der Waals surface area (Å²) in [4.78, 5) is 23.9. The van der Waals surface area contributed by atoms with E-state index in [1.165, 1.54) is 6.92 Å². The zero-order valence-electron chi connectivity index (χ0n) is 10.5. The average molecular weight is 247 g/mol. The summed E-state index contributed by atoms with van der Waals surface area (Å²) in [6.45, 7) is 6.11. The summed E-state index contributed by atoms with van der Waals surface area (Å²) in [6.07, 6.45) is -2.33. The van der Waals surface area contributed by atoms with Crippen molar-refractivity contribution in [2.75, 3.05) is 6.54 Å². The molecular weight excluding hydrogens is 229 g/mol. The number of carboxylic acids is 1. The third-order valence-corrected chi connectivity index (χ3v) is 2.67. The third-order valence-electron chi connectivity index (χ3n) is 2.67. The van der Waals surface area contributed by atoms with E-state index >= 15 is 0 Å². The van der Waals surface area contributed by atoms with Gasteiger partial charge in [0.2, 0.25) is 0 Å². The topological polar surface area (TPSA) is 66.8 Å². The molecule has 1 heterocycles. The lowest BCUT2D eigenvalue weighted by Crippen LogP contribution is -2.52. The van der Waals surface area contributed by atoms with E-state index in [0.29, 0.717) is 0 Å². The fraction of sp³-hybridized carbons (Fsp3) is 0.818. The lowest BCUT2D eigenvalue weighted by atomic mass is 9.99. The summed E-state index contributed by atoms with van der Waals surface area (Å²) in [7, 11) is 0. The van der Waals surface area contributed by atoms with Crippen LogP contribution in [0.5, 0.6) is 0 Å². The van der Waals surface area contributed by atoms with E-state index in [1.807, 2.05) is 0 Å². The Labute approximate surface area is 99.5 Å². The number of halogens is 1. The third kappa shape index (κ3) is 2.87. The Hall–Kier alpha value is -1.33. The maximum Gasteiger partial charge on any atom is 0.411 e. The zero-order chi connectivity index (χ0) is 13.4. The van der Waals surface area contributed by atoms with Crippen molar-refractivity contribution in [2.45, 2.75) is 51.4 Å². The second-order valence-corrected chi connectivity index (χ2v) is 5.47. The Bertz CT molecular complexity index is 339. The first kappa shape index (κ1) is 13.7. The molecular formula is C11H18FNO4. The Morgan fingerprint density at radius 2 is 2.00 bits per heavy atom. The van der Waals surface area contributed by atoms with Gasteiger partial charge in [0.25, 0.3) is 0 Å². The highest BCUT2D eigenvalue weighted by Gasteiger charge is 2.51. The van der Waals surface area contributed by atoms with Crippen LogP contribution >= 0.6 is 0 Å². The minimum absolute atomic E-state index is 0.207. The summed E-state index contributed by atoms with van der Waals surface area (Å²) in [5, 5.41) is 9.09. The maximum atomic E-state index is 13.3. The largest absolute Gasteiger partial charge is 0.480 e. The molecule has 6 heteroatoms. The second-order valence-electron chi connectivity index (χ2n) is 5.47. The van der Waals surface area contributed by atoms with Gasteiger partial charge >= 0.3 is 12.1 Å². The first-order valence-corrected chi connectivity index (χ1v) is 5.44. The van der Waals surface area contributed by atoms with Crippen molar-refractivity contribution in [1.82, 2.24) is 4.90 Å². The molecule has 1 N–H and O–H groups in total. The molecule has 98 valence electrons. The number of carboxylic acid groups (broad SMARTS) is 1. The van der Waals surface area contributed by atoms with Crippen LogP contribution in [0.3, 0.4) is 0 Å².